The first kappa shape index (κ1) is 15.0. The normalized spacial score (nSPS) is 11.5. The maximum Gasteiger partial charge on any atom is 0.433 e. The summed E-state index contributed by atoms with van der Waals surface area (Å²) in [6, 6.07) is 3.33. The van der Waals surface area contributed by atoms with Crippen LogP contribution >= 0.6 is 0 Å². The van der Waals surface area contributed by atoms with Crippen LogP contribution in [0.2, 0.25) is 0 Å². The molecular weight excluding hydrogens is 289 g/mol. The van der Waals surface area contributed by atoms with Gasteiger partial charge in [0.2, 0.25) is 5.76 Å². The Morgan fingerprint density at radius 3 is 2.67 bits per heavy atom. The summed E-state index contributed by atoms with van der Waals surface area (Å²) in [7, 11) is 0. The van der Waals surface area contributed by atoms with Gasteiger partial charge in [0.15, 0.2) is 5.89 Å². The standard InChI is InChI=1S/C13H11F3N2O3/c1-3-20-12(19)11-10(17-7(2)21-11)8-5-4-6-9(18-8)13(14,15)16/h4-6H,3H2,1-2H3. The highest BCUT2D eigenvalue weighted by Gasteiger charge is 2.33. The van der Waals surface area contributed by atoms with Crippen LogP contribution < -0.4 is 0 Å². The fourth-order valence-corrected chi connectivity index (χ4v) is 1.66. The zero-order chi connectivity index (χ0) is 15.6. The molecule has 0 atom stereocenters. The Kier molecular flexibility index (Phi) is 3.97. The van der Waals surface area contributed by atoms with Crippen LogP contribution in [0.3, 0.4) is 0 Å². The first-order chi connectivity index (χ1) is 9.82. The molecule has 0 bridgehead atoms. The van der Waals surface area contributed by atoms with Crippen LogP contribution in [0.5, 0.6) is 0 Å². The van der Waals surface area contributed by atoms with Crippen LogP contribution in [-0.4, -0.2) is 22.5 Å². The molecule has 5 nitrogen and oxygen atoms in total. The van der Waals surface area contributed by atoms with E-state index in [1.54, 1.807) is 6.92 Å². The van der Waals surface area contributed by atoms with Crippen LogP contribution in [0.25, 0.3) is 11.4 Å². The van der Waals surface area contributed by atoms with Crippen molar-refractivity contribution in [2.45, 2.75) is 20.0 Å². The van der Waals surface area contributed by atoms with E-state index in [-0.39, 0.29) is 29.6 Å². The third-order valence-corrected chi connectivity index (χ3v) is 2.48. The fourth-order valence-electron chi connectivity index (χ4n) is 1.66. The van der Waals surface area contributed by atoms with Crippen molar-refractivity contribution in [1.29, 1.82) is 0 Å². The van der Waals surface area contributed by atoms with Crippen molar-refractivity contribution in [2.75, 3.05) is 6.61 Å². The van der Waals surface area contributed by atoms with Gasteiger partial charge in [0, 0.05) is 6.92 Å². The molecule has 0 saturated heterocycles. The summed E-state index contributed by atoms with van der Waals surface area (Å²) in [5, 5.41) is 0. The minimum absolute atomic E-state index is 0.0722. The molecule has 0 aliphatic carbocycles. The molecule has 0 N–H and O–H groups in total. The summed E-state index contributed by atoms with van der Waals surface area (Å²) in [4.78, 5) is 19.1. The van der Waals surface area contributed by atoms with E-state index >= 15 is 0 Å². The van der Waals surface area contributed by atoms with Crippen LogP contribution in [-0.2, 0) is 10.9 Å². The van der Waals surface area contributed by atoms with Crippen molar-refractivity contribution in [1.82, 2.24) is 9.97 Å². The number of rotatable bonds is 3. The molecule has 8 heteroatoms. The molecule has 0 aromatic carbocycles. The van der Waals surface area contributed by atoms with Gasteiger partial charge in [0.25, 0.3) is 0 Å². The number of carbonyl (C=O) groups is 1. The number of halogens is 3. The highest BCUT2D eigenvalue weighted by atomic mass is 19.4. The van der Waals surface area contributed by atoms with E-state index in [4.69, 9.17) is 9.15 Å². The summed E-state index contributed by atoms with van der Waals surface area (Å²) in [6.45, 7) is 3.18. The van der Waals surface area contributed by atoms with Gasteiger partial charge in [-0.3, -0.25) is 0 Å². The number of oxazole rings is 1. The van der Waals surface area contributed by atoms with Crippen molar-refractivity contribution in [3.05, 3.63) is 35.5 Å². The number of pyridine rings is 1. The number of aromatic nitrogens is 2. The second kappa shape index (κ2) is 5.55. The molecule has 0 fully saturated rings. The van der Waals surface area contributed by atoms with Gasteiger partial charge in [-0.25, -0.2) is 14.8 Å². The first-order valence-corrected chi connectivity index (χ1v) is 6.02. The summed E-state index contributed by atoms with van der Waals surface area (Å²) in [6.07, 6.45) is -4.58. The maximum absolute atomic E-state index is 12.7. The SMILES string of the molecule is CCOC(=O)c1oc(C)nc1-c1cccc(C(F)(F)F)n1. The van der Waals surface area contributed by atoms with Crippen LogP contribution in [0.4, 0.5) is 13.2 Å². The molecule has 0 unspecified atom stereocenters. The molecule has 2 heterocycles. The van der Waals surface area contributed by atoms with E-state index in [1.807, 2.05) is 0 Å². The van der Waals surface area contributed by atoms with Crippen molar-refractivity contribution in [3.8, 4) is 11.4 Å². The number of esters is 1. The monoisotopic (exact) mass is 300 g/mol. The molecule has 2 aromatic rings. The molecular formula is C13H11F3N2O3. The minimum Gasteiger partial charge on any atom is -0.460 e. The Hall–Kier alpha value is -2.38. The molecule has 2 aromatic heterocycles. The largest absolute Gasteiger partial charge is 0.460 e. The summed E-state index contributed by atoms with van der Waals surface area (Å²) in [5.74, 6) is -0.930. The number of alkyl halides is 3. The van der Waals surface area contributed by atoms with Gasteiger partial charge in [-0.1, -0.05) is 6.07 Å². The Balaban J connectivity index is 2.50. The van der Waals surface area contributed by atoms with Gasteiger partial charge in [-0.2, -0.15) is 13.2 Å². The Bertz CT molecular complexity index is 665. The molecule has 2 rings (SSSR count). The Morgan fingerprint density at radius 2 is 2.05 bits per heavy atom. The van der Waals surface area contributed by atoms with E-state index in [2.05, 4.69) is 9.97 Å². The molecule has 0 saturated carbocycles. The highest BCUT2D eigenvalue weighted by molar-refractivity contribution is 5.92. The van der Waals surface area contributed by atoms with E-state index in [0.29, 0.717) is 0 Å². The lowest BCUT2D eigenvalue weighted by Gasteiger charge is -2.06. The summed E-state index contributed by atoms with van der Waals surface area (Å²) in [5.41, 5.74) is -1.25. The summed E-state index contributed by atoms with van der Waals surface area (Å²) < 4.78 is 47.9. The lowest BCUT2D eigenvalue weighted by atomic mass is 10.2. The van der Waals surface area contributed by atoms with Crippen molar-refractivity contribution in [3.63, 3.8) is 0 Å². The third kappa shape index (κ3) is 3.21. The quantitative estimate of drug-likeness (QED) is 0.814. The zero-order valence-electron chi connectivity index (χ0n) is 11.2. The second-order valence-electron chi connectivity index (χ2n) is 4.04. The average Bonchev–Trinajstić information content (AvgIpc) is 2.80. The van der Waals surface area contributed by atoms with Gasteiger partial charge in [0.05, 0.1) is 12.3 Å². The number of ether oxygens (including phenoxy) is 1. The van der Waals surface area contributed by atoms with Gasteiger partial charge in [0.1, 0.15) is 11.4 Å². The van der Waals surface area contributed by atoms with E-state index < -0.39 is 17.8 Å². The number of hydrogen-bond acceptors (Lipinski definition) is 5. The Morgan fingerprint density at radius 1 is 1.33 bits per heavy atom. The molecule has 0 aliphatic heterocycles. The number of aryl methyl sites for hydroxylation is 1. The lowest BCUT2D eigenvalue weighted by molar-refractivity contribution is -0.141. The number of nitrogens with zero attached hydrogens (tertiary/aromatic N) is 2. The molecule has 0 spiro atoms. The van der Waals surface area contributed by atoms with Gasteiger partial charge in [-0.05, 0) is 19.1 Å². The minimum atomic E-state index is -4.58. The predicted molar refractivity (Wildman–Crippen MR) is 65.4 cm³/mol. The van der Waals surface area contributed by atoms with Crippen LogP contribution in [0.1, 0.15) is 29.1 Å². The van der Waals surface area contributed by atoms with E-state index in [1.165, 1.54) is 19.1 Å². The molecule has 112 valence electrons. The second-order valence-corrected chi connectivity index (χ2v) is 4.04. The van der Waals surface area contributed by atoms with Gasteiger partial charge < -0.3 is 9.15 Å². The third-order valence-electron chi connectivity index (χ3n) is 2.48. The smallest absolute Gasteiger partial charge is 0.433 e. The van der Waals surface area contributed by atoms with E-state index in [9.17, 15) is 18.0 Å². The zero-order valence-corrected chi connectivity index (χ0v) is 11.2. The van der Waals surface area contributed by atoms with E-state index in [0.717, 1.165) is 6.07 Å². The Labute approximate surface area is 117 Å². The van der Waals surface area contributed by atoms with Gasteiger partial charge in [-0.15, -0.1) is 0 Å². The molecule has 0 amide bonds. The maximum atomic E-state index is 12.7. The number of hydrogen-bond donors (Lipinski definition) is 0. The van der Waals surface area contributed by atoms with Gasteiger partial charge >= 0.3 is 12.1 Å². The first-order valence-electron chi connectivity index (χ1n) is 6.02. The van der Waals surface area contributed by atoms with Crippen molar-refractivity contribution < 1.29 is 27.1 Å². The lowest BCUT2D eigenvalue weighted by Crippen LogP contribution is -2.09. The van der Waals surface area contributed by atoms with Crippen LogP contribution in [0.15, 0.2) is 22.6 Å². The van der Waals surface area contributed by atoms with Crippen LogP contribution in [0, 0.1) is 6.92 Å². The average molecular weight is 300 g/mol. The summed E-state index contributed by atoms with van der Waals surface area (Å²) >= 11 is 0. The molecule has 0 aliphatic rings. The van der Waals surface area contributed by atoms with Crippen molar-refractivity contribution >= 4 is 5.97 Å². The molecule has 21 heavy (non-hydrogen) atoms. The van der Waals surface area contributed by atoms with Crippen molar-refractivity contribution in [2.24, 2.45) is 0 Å². The molecule has 0 radical (unpaired) electrons. The number of carbonyl (C=O) groups excluding carboxylic acids is 1. The highest BCUT2D eigenvalue weighted by Crippen LogP contribution is 2.30. The predicted octanol–water partition coefficient (Wildman–Crippen LogP) is 3.24. The fraction of sp³-hybridized carbons (Fsp3) is 0.308. The topological polar surface area (TPSA) is 65.2 Å².